The van der Waals surface area contributed by atoms with Crippen LogP contribution in [0.1, 0.15) is 19.4 Å². The zero-order valence-corrected chi connectivity index (χ0v) is 11.8. The largest absolute Gasteiger partial charge is 0.362 e. The number of hydrogen-bond donors (Lipinski definition) is 0. The summed E-state index contributed by atoms with van der Waals surface area (Å²) in [6, 6.07) is 11.8. The molecule has 0 aliphatic heterocycles. The summed E-state index contributed by atoms with van der Waals surface area (Å²) in [7, 11) is 3.72. The molecule has 1 heterocycles. The predicted molar refractivity (Wildman–Crippen MR) is 77.9 cm³/mol. The minimum absolute atomic E-state index is 0.481. The average Bonchev–Trinajstić information content (AvgIpc) is 2.49. The summed E-state index contributed by atoms with van der Waals surface area (Å²) in [5.41, 5.74) is 1.43. The summed E-state index contributed by atoms with van der Waals surface area (Å²) in [5.74, 6) is 1.27. The molecule has 0 unspecified atom stereocenters. The van der Waals surface area contributed by atoms with Gasteiger partial charge in [-0.25, -0.2) is 9.97 Å². The Hall–Kier alpha value is -2.41. The van der Waals surface area contributed by atoms with Crippen LogP contribution in [0, 0.1) is 11.3 Å². The quantitative estimate of drug-likeness (QED) is 0.826. The van der Waals surface area contributed by atoms with E-state index >= 15 is 0 Å². The van der Waals surface area contributed by atoms with Crippen LogP contribution in [0.5, 0.6) is 0 Å². The van der Waals surface area contributed by atoms with E-state index in [1.54, 1.807) is 6.20 Å². The molecule has 0 atom stereocenters. The number of hydrogen-bond acceptors (Lipinski definition) is 4. The Morgan fingerprint density at radius 1 is 1.11 bits per heavy atom. The Morgan fingerprint density at radius 2 is 1.74 bits per heavy atom. The van der Waals surface area contributed by atoms with Gasteiger partial charge in [0, 0.05) is 19.7 Å². The van der Waals surface area contributed by atoms with E-state index in [4.69, 9.17) is 5.26 Å². The van der Waals surface area contributed by atoms with Crippen LogP contribution in [-0.2, 0) is 0 Å². The van der Waals surface area contributed by atoms with Gasteiger partial charge in [0.25, 0.3) is 0 Å². The van der Waals surface area contributed by atoms with Gasteiger partial charge in [-0.2, -0.15) is 5.26 Å². The fraction of sp³-hybridized carbons (Fsp3) is 0.267. The topological polar surface area (TPSA) is 52.8 Å². The second-order valence-corrected chi connectivity index (χ2v) is 3.80. The second-order valence-electron chi connectivity index (χ2n) is 3.80. The zero-order chi connectivity index (χ0) is 14.3. The van der Waals surface area contributed by atoms with Crippen LogP contribution in [0.3, 0.4) is 0 Å². The molecule has 4 nitrogen and oxygen atoms in total. The maximum absolute atomic E-state index is 8.97. The molecule has 0 aliphatic carbocycles. The molecule has 2 aromatic rings. The van der Waals surface area contributed by atoms with E-state index < -0.39 is 0 Å². The van der Waals surface area contributed by atoms with Gasteiger partial charge < -0.3 is 4.90 Å². The molecule has 98 valence electrons. The van der Waals surface area contributed by atoms with Crippen molar-refractivity contribution in [3.8, 4) is 17.5 Å². The second kappa shape index (κ2) is 7.12. The van der Waals surface area contributed by atoms with E-state index in [2.05, 4.69) is 16.0 Å². The summed E-state index contributed by atoms with van der Waals surface area (Å²) >= 11 is 0. The van der Waals surface area contributed by atoms with Crippen molar-refractivity contribution >= 4 is 5.82 Å². The van der Waals surface area contributed by atoms with Crippen molar-refractivity contribution in [1.82, 2.24) is 9.97 Å². The molecule has 0 aliphatic rings. The van der Waals surface area contributed by atoms with Crippen LogP contribution in [-0.4, -0.2) is 24.1 Å². The molecule has 1 aromatic heterocycles. The first-order chi connectivity index (χ1) is 9.22. The normalized spacial score (nSPS) is 9.00. The highest BCUT2D eigenvalue weighted by molar-refractivity contribution is 5.60. The molecule has 0 spiro atoms. The highest BCUT2D eigenvalue weighted by atomic mass is 15.2. The van der Waals surface area contributed by atoms with Gasteiger partial charge in [-0.3, -0.25) is 0 Å². The Bertz CT molecular complexity index is 556. The van der Waals surface area contributed by atoms with E-state index in [9.17, 15) is 0 Å². The first-order valence-corrected chi connectivity index (χ1v) is 6.22. The highest BCUT2D eigenvalue weighted by Crippen LogP contribution is 2.19. The number of aromatic nitrogens is 2. The van der Waals surface area contributed by atoms with Crippen molar-refractivity contribution in [2.24, 2.45) is 0 Å². The Morgan fingerprint density at radius 3 is 2.26 bits per heavy atom. The van der Waals surface area contributed by atoms with E-state index in [0.717, 1.165) is 5.56 Å². The average molecular weight is 254 g/mol. The van der Waals surface area contributed by atoms with Crippen molar-refractivity contribution in [3.05, 3.63) is 42.1 Å². The fourth-order valence-corrected chi connectivity index (χ4v) is 1.52. The van der Waals surface area contributed by atoms with Crippen LogP contribution in [0.2, 0.25) is 0 Å². The highest BCUT2D eigenvalue weighted by Gasteiger charge is 2.09. The van der Waals surface area contributed by atoms with Gasteiger partial charge in [0.15, 0.2) is 5.82 Å². The van der Waals surface area contributed by atoms with Crippen LogP contribution >= 0.6 is 0 Å². The van der Waals surface area contributed by atoms with Crippen LogP contribution < -0.4 is 4.90 Å². The molecule has 0 saturated carbocycles. The fourth-order valence-electron chi connectivity index (χ4n) is 1.52. The lowest BCUT2D eigenvalue weighted by atomic mass is 10.2. The van der Waals surface area contributed by atoms with Gasteiger partial charge in [0.05, 0.1) is 6.20 Å². The molecule has 0 saturated heterocycles. The minimum atomic E-state index is 0.481. The SMILES string of the molecule is CC.CN(C)c1nc(-c2ccccc2)ncc1C#N. The van der Waals surface area contributed by atoms with Crippen molar-refractivity contribution in [3.63, 3.8) is 0 Å². The summed E-state index contributed by atoms with van der Waals surface area (Å²) in [6.45, 7) is 4.00. The first-order valence-electron chi connectivity index (χ1n) is 6.22. The molecule has 0 amide bonds. The van der Waals surface area contributed by atoms with Gasteiger partial charge in [-0.15, -0.1) is 0 Å². The van der Waals surface area contributed by atoms with E-state index in [1.165, 1.54) is 0 Å². The number of benzene rings is 1. The molecule has 19 heavy (non-hydrogen) atoms. The summed E-state index contributed by atoms with van der Waals surface area (Å²) < 4.78 is 0. The van der Waals surface area contributed by atoms with Crippen LogP contribution in [0.15, 0.2) is 36.5 Å². The summed E-state index contributed by atoms with van der Waals surface area (Å²) in [4.78, 5) is 10.4. The molecule has 0 fully saturated rings. The minimum Gasteiger partial charge on any atom is -0.362 e. The van der Waals surface area contributed by atoms with Crippen molar-refractivity contribution < 1.29 is 0 Å². The number of nitrogens with zero attached hydrogens (tertiary/aromatic N) is 4. The third kappa shape index (κ3) is 3.52. The molecular weight excluding hydrogens is 236 g/mol. The van der Waals surface area contributed by atoms with E-state index in [1.807, 2.05) is 63.2 Å². The van der Waals surface area contributed by atoms with E-state index in [0.29, 0.717) is 17.2 Å². The number of anilines is 1. The lowest BCUT2D eigenvalue weighted by Crippen LogP contribution is -2.13. The van der Waals surface area contributed by atoms with Crippen molar-refractivity contribution in [2.45, 2.75) is 13.8 Å². The van der Waals surface area contributed by atoms with Crippen LogP contribution in [0.25, 0.3) is 11.4 Å². The molecule has 0 bridgehead atoms. The number of rotatable bonds is 2. The maximum Gasteiger partial charge on any atom is 0.161 e. The smallest absolute Gasteiger partial charge is 0.161 e. The maximum atomic E-state index is 8.97. The molecule has 2 rings (SSSR count). The van der Waals surface area contributed by atoms with Gasteiger partial charge in [0.1, 0.15) is 17.5 Å². The predicted octanol–water partition coefficient (Wildman–Crippen LogP) is 3.11. The molecule has 0 N–H and O–H groups in total. The third-order valence-electron chi connectivity index (χ3n) is 2.34. The van der Waals surface area contributed by atoms with Crippen LogP contribution in [0.4, 0.5) is 5.82 Å². The zero-order valence-electron chi connectivity index (χ0n) is 11.8. The number of nitriles is 1. The van der Waals surface area contributed by atoms with E-state index in [-0.39, 0.29) is 0 Å². The summed E-state index contributed by atoms with van der Waals surface area (Å²) in [6.07, 6.45) is 1.56. The molecular formula is C15H18N4. The molecule has 1 aromatic carbocycles. The third-order valence-corrected chi connectivity index (χ3v) is 2.34. The van der Waals surface area contributed by atoms with Crippen molar-refractivity contribution in [2.75, 3.05) is 19.0 Å². The van der Waals surface area contributed by atoms with Crippen molar-refractivity contribution in [1.29, 1.82) is 5.26 Å². The van der Waals surface area contributed by atoms with Gasteiger partial charge in [-0.1, -0.05) is 44.2 Å². The molecule has 4 heteroatoms. The lowest BCUT2D eigenvalue weighted by molar-refractivity contribution is 1.03. The Kier molecular flexibility index (Phi) is 5.49. The summed E-state index contributed by atoms with van der Waals surface area (Å²) in [5, 5.41) is 8.97. The van der Waals surface area contributed by atoms with Gasteiger partial charge in [-0.05, 0) is 0 Å². The first kappa shape index (κ1) is 14.7. The molecule has 0 radical (unpaired) electrons. The monoisotopic (exact) mass is 254 g/mol. The van der Waals surface area contributed by atoms with Gasteiger partial charge in [0.2, 0.25) is 0 Å². The standard InChI is InChI=1S/C13H12N4.C2H6/c1-17(2)13-11(8-14)9-15-12(16-13)10-6-4-3-5-7-10;1-2/h3-7,9H,1-2H3;1-2H3. The lowest BCUT2D eigenvalue weighted by Gasteiger charge is -2.13. The van der Waals surface area contributed by atoms with Gasteiger partial charge >= 0.3 is 0 Å². The Labute approximate surface area is 114 Å². The Balaban J connectivity index is 0.000000861.